The topological polar surface area (TPSA) is 49.4 Å². The molecule has 4 heteroatoms. The van der Waals surface area contributed by atoms with Crippen LogP contribution in [0.1, 0.15) is 16.8 Å². The quantitative estimate of drug-likeness (QED) is 0.862. The normalized spacial score (nSPS) is 14.2. The van der Waals surface area contributed by atoms with E-state index >= 15 is 0 Å². The van der Waals surface area contributed by atoms with Crippen molar-refractivity contribution >= 4 is 23.2 Å². The van der Waals surface area contributed by atoms with Crippen LogP contribution in [0.25, 0.3) is 0 Å². The van der Waals surface area contributed by atoms with Gasteiger partial charge in [-0.25, -0.2) is 0 Å². The first-order valence-electron chi connectivity index (χ1n) is 6.51. The maximum Gasteiger partial charge on any atom is 0.258 e. The fourth-order valence-electron chi connectivity index (χ4n) is 2.31. The van der Waals surface area contributed by atoms with Gasteiger partial charge in [0, 0.05) is 18.5 Å². The average Bonchev–Trinajstić information content (AvgIpc) is 2.66. The molecule has 4 nitrogen and oxygen atoms in total. The molecule has 2 aromatic rings. The zero-order chi connectivity index (χ0) is 13.9. The zero-order valence-corrected chi connectivity index (χ0v) is 10.9. The fraction of sp³-hybridized carbons (Fsp3) is 0.125. The summed E-state index contributed by atoms with van der Waals surface area (Å²) in [4.78, 5) is 26.0. The Morgan fingerprint density at radius 2 is 1.70 bits per heavy atom. The molecule has 1 aliphatic heterocycles. The first-order valence-corrected chi connectivity index (χ1v) is 6.51. The summed E-state index contributed by atoms with van der Waals surface area (Å²) in [5, 5.41) is 2.83. The highest BCUT2D eigenvalue weighted by Gasteiger charge is 2.24. The van der Waals surface area contributed by atoms with E-state index in [4.69, 9.17) is 0 Å². The molecule has 0 atom stereocenters. The van der Waals surface area contributed by atoms with Crippen LogP contribution in [0, 0.1) is 0 Å². The van der Waals surface area contributed by atoms with Gasteiger partial charge in [0.2, 0.25) is 5.91 Å². The highest BCUT2D eigenvalue weighted by molar-refractivity contribution is 6.10. The third-order valence-electron chi connectivity index (χ3n) is 3.30. The Hall–Kier alpha value is -2.62. The van der Waals surface area contributed by atoms with E-state index in [2.05, 4.69) is 5.32 Å². The minimum Gasteiger partial charge on any atom is -0.324 e. The molecule has 1 N–H and O–H groups in total. The highest BCUT2D eigenvalue weighted by Crippen LogP contribution is 2.29. The molecule has 1 aliphatic rings. The van der Waals surface area contributed by atoms with Gasteiger partial charge in [0.15, 0.2) is 0 Å². The number of fused-ring (bicyclic) bond motifs is 1. The molecule has 0 saturated heterocycles. The highest BCUT2D eigenvalue weighted by atomic mass is 16.2. The van der Waals surface area contributed by atoms with Gasteiger partial charge in [-0.3, -0.25) is 9.59 Å². The van der Waals surface area contributed by atoms with Crippen molar-refractivity contribution in [1.29, 1.82) is 0 Å². The maximum atomic E-state index is 12.6. The molecule has 0 aliphatic carbocycles. The number of carbonyl (C=O) groups excluding carboxylic acids is 2. The van der Waals surface area contributed by atoms with Gasteiger partial charge < -0.3 is 10.2 Å². The average molecular weight is 266 g/mol. The molecule has 0 fully saturated rings. The Kier molecular flexibility index (Phi) is 3.21. The van der Waals surface area contributed by atoms with Gasteiger partial charge in [-0.2, -0.15) is 0 Å². The van der Waals surface area contributed by atoms with E-state index in [0.29, 0.717) is 24.2 Å². The monoisotopic (exact) mass is 266 g/mol. The van der Waals surface area contributed by atoms with Gasteiger partial charge >= 0.3 is 0 Å². The number of benzene rings is 2. The lowest BCUT2D eigenvalue weighted by molar-refractivity contribution is -0.115. The van der Waals surface area contributed by atoms with Crippen LogP contribution >= 0.6 is 0 Å². The molecule has 0 aromatic heterocycles. The molecule has 3 rings (SSSR count). The summed E-state index contributed by atoms with van der Waals surface area (Å²) in [6.07, 6.45) is 0.299. The Morgan fingerprint density at radius 1 is 1.00 bits per heavy atom. The number of hydrogen-bond acceptors (Lipinski definition) is 2. The number of nitrogens with one attached hydrogen (secondary N) is 1. The summed E-state index contributed by atoms with van der Waals surface area (Å²) in [6, 6.07) is 16.5. The van der Waals surface area contributed by atoms with E-state index in [1.54, 1.807) is 17.0 Å². The molecular weight excluding hydrogens is 252 g/mol. The van der Waals surface area contributed by atoms with Crippen LogP contribution in [0.3, 0.4) is 0 Å². The second-order valence-corrected chi connectivity index (χ2v) is 4.64. The molecular formula is C16H14N2O2. The van der Waals surface area contributed by atoms with E-state index in [0.717, 1.165) is 5.69 Å². The number of carbonyl (C=O) groups is 2. The summed E-state index contributed by atoms with van der Waals surface area (Å²) in [7, 11) is 0. The minimum absolute atomic E-state index is 0.0687. The molecule has 1 heterocycles. The lowest BCUT2D eigenvalue weighted by atomic mass is 10.1. The number of nitrogens with zero attached hydrogens (tertiary/aromatic N) is 1. The first kappa shape index (κ1) is 12.4. The van der Waals surface area contributed by atoms with Crippen molar-refractivity contribution in [3.05, 3.63) is 60.2 Å². The third kappa shape index (κ3) is 2.28. The minimum atomic E-state index is -0.0884. The van der Waals surface area contributed by atoms with E-state index in [-0.39, 0.29) is 11.8 Å². The van der Waals surface area contributed by atoms with Gasteiger partial charge in [-0.05, 0) is 24.3 Å². The summed E-state index contributed by atoms with van der Waals surface area (Å²) in [5.74, 6) is -0.157. The molecule has 0 spiro atoms. The standard InChI is InChI=1S/C16H14N2O2/c19-15-10-11-18(14-9-5-4-8-13(14)17-15)16(20)12-6-2-1-3-7-12/h1-9H,10-11H2,(H,17,19). The van der Waals surface area contributed by atoms with Crippen LogP contribution in [0.2, 0.25) is 0 Å². The van der Waals surface area contributed by atoms with Crippen molar-refractivity contribution in [2.75, 3.05) is 16.8 Å². The van der Waals surface area contributed by atoms with Gasteiger partial charge in [0.1, 0.15) is 0 Å². The van der Waals surface area contributed by atoms with Gasteiger partial charge in [0.05, 0.1) is 11.4 Å². The summed E-state index contributed by atoms with van der Waals surface area (Å²) in [5.41, 5.74) is 2.04. The second-order valence-electron chi connectivity index (χ2n) is 4.64. The summed E-state index contributed by atoms with van der Waals surface area (Å²) < 4.78 is 0. The van der Waals surface area contributed by atoms with E-state index in [9.17, 15) is 9.59 Å². The number of rotatable bonds is 1. The predicted molar refractivity (Wildman–Crippen MR) is 77.8 cm³/mol. The van der Waals surface area contributed by atoms with Crippen LogP contribution in [0.4, 0.5) is 11.4 Å². The van der Waals surface area contributed by atoms with Crippen molar-refractivity contribution in [1.82, 2.24) is 0 Å². The van der Waals surface area contributed by atoms with Crippen LogP contribution in [0.5, 0.6) is 0 Å². The molecule has 2 aromatic carbocycles. The fourth-order valence-corrected chi connectivity index (χ4v) is 2.31. The van der Waals surface area contributed by atoms with E-state index < -0.39 is 0 Å². The van der Waals surface area contributed by atoms with E-state index in [1.807, 2.05) is 42.5 Å². The first-order chi connectivity index (χ1) is 9.75. The number of para-hydroxylation sites is 2. The molecule has 100 valence electrons. The van der Waals surface area contributed by atoms with Crippen LogP contribution in [0.15, 0.2) is 54.6 Å². The Morgan fingerprint density at radius 3 is 2.50 bits per heavy atom. The molecule has 0 saturated carbocycles. The number of anilines is 2. The zero-order valence-electron chi connectivity index (χ0n) is 10.9. The Labute approximate surface area is 117 Å². The van der Waals surface area contributed by atoms with Crippen LogP contribution in [-0.4, -0.2) is 18.4 Å². The van der Waals surface area contributed by atoms with Crippen LogP contribution < -0.4 is 10.2 Å². The third-order valence-corrected chi connectivity index (χ3v) is 3.30. The lowest BCUT2D eigenvalue weighted by Crippen LogP contribution is -2.31. The van der Waals surface area contributed by atoms with Gasteiger partial charge in [-0.1, -0.05) is 30.3 Å². The smallest absolute Gasteiger partial charge is 0.258 e. The van der Waals surface area contributed by atoms with Gasteiger partial charge in [-0.15, -0.1) is 0 Å². The summed E-state index contributed by atoms with van der Waals surface area (Å²) >= 11 is 0. The van der Waals surface area contributed by atoms with Crippen molar-refractivity contribution in [2.24, 2.45) is 0 Å². The number of amides is 2. The molecule has 20 heavy (non-hydrogen) atoms. The maximum absolute atomic E-state index is 12.6. The second kappa shape index (κ2) is 5.17. The molecule has 0 radical (unpaired) electrons. The molecule has 2 amide bonds. The van der Waals surface area contributed by atoms with Gasteiger partial charge in [0.25, 0.3) is 5.91 Å². The molecule has 0 unspecified atom stereocenters. The Bertz CT molecular complexity index is 653. The molecule has 0 bridgehead atoms. The summed E-state index contributed by atoms with van der Waals surface area (Å²) in [6.45, 7) is 0.385. The van der Waals surface area contributed by atoms with Crippen molar-refractivity contribution < 1.29 is 9.59 Å². The lowest BCUT2D eigenvalue weighted by Gasteiger charge is -2.22. The predicted octanol–water partition coefficient (Wildman–Crippen LogP) is 2.68. The van der Waals surface area contributed by atoms with Crippen molar-refractivity contribution in [3.8, 4) is 0 Å². The largest absolute Gasteiger partial charge is 0.324 e. The Balaban J connectivity index is 2.01. The SMILES string of the molecule is O=C1CCN(C(=O)c2ccccc2)c2ccccc2N1. The van der Waals surface area contributed by atoms with Crippen molar-refractivity contribution in [3.63, 3.8) is 0 Å². The van der Waals surface area contributed by atoms with Crippen molar-refractivity contribution in [2.45, 2.75) is 6.42 Å². The van der Waals surface area contributed by atoms with E-state index in [1.165, 1.54) is 0 Å². The van der Waals surface area contributed by atoms with Crippen LogP contribution in [-0.2, 0) is 4.79 Å². The number of hydrogen-bond donors (Lipinski definition) is 1.